The van der Waals surface area contributed by atoms with Crippen LogP contribution in [-0.4, -0.2) is 103 Å². The molecule has 0 aromatic heterocycles. The van der Waals surface area contributed by atoms with Crippen molar-refractivity contribution in [1.29, 1.82) is 0 Å². The van der Waals surface area contributed by atoms with E-state index in [1.54, 1.807) is 30.3 Å². The number of hydrogen-bond donors (Lipinski definition) is 5. The van der Waals surface area contributed by atoms with E-state index in [1.165, 1.54) is 18.7 Å². The van der Waals surface area contributed by atoms with Crippen LogP contribution in [0.15, 0.2) is 30.3 Å². The fraction of sp³-hybridized carbons (Fsp3) is 0.600. The summed E-state index contributed by atoms with van der Waals surface area (Å²) in [6, 6.07) is 7.29. The fourth-order valence-electron chi connectivity index (χ4n) is 5.21. The van der Waals surface area contributed by atoms with Gasteiger partial charge >= 0.3 is 6.18 Å². The predicted octanol–water partition coefficient (Wildman–Crippen LogP) is 0.900. The van der Waals surface area contributed by atoms with Gasteiger partial charge in [0.25, 0.3) is 0 Å². The summed E-state index contributed by atoms with van der Waals surface area (Å²) in [5.41, 5.74) is 0.642. The largest absolute Gasteiger partial charge is 0.421 e. The zero-order chi connectivity index (χ0) is 39.7. The number of benzene rings is 1. The first-order valence-corrected chi connectivity index (χ1v) is 17.4. The number of Topliss-reactive ketones (excluding diaryl/α,β-unsaturated/α-hetero) is 1. The minimum atomic E-state index is -4.99. The van der Waals surface area contributed by atoms with E-state index in [9.17, 15) is 51.5 Å². The number of nitrogens with one attached hydrogen (secondary N) is 5. The Hall–Kier alpha value is -4.87. The van der Waals surface area contributed by atoms with Crippen LogP contribution in [0, 0.1) is 17.8 Å². The second-order valence-corrected chi connectivity index (χ2v) is 13.2. The van der Waals surface area contributed by atoms with E-state index in [2.05, 4.69) is 26.0 Å². The third-order valence-corrected chi connectivity index (χ3v) is 8.26. The Bertz CT molecular complexity index is 1460. The molecule has 1 aromatic rings. The van der Waals surface area contributed by atoms with Crippen molar-refractivity contribution in [3.05, 3.63) is 35.9 Å². The highest BCUT2D eigenvalue weighted by molar-refractivity contribution is 6.03. The molecule has 3 atom stereocenters. The third-order valence-electron chi connectivity index (χ3n) is 8.26. The monoisotopic (exact) mass is 754 g/mol. The number of imide groups is 1. The molecule has 1 saturated heterocycles. The molecule has 5 N–H and O–H groups in total. The molecule has 18 heteroatoms. The normalized spacial score (nSPS) is 15.6. The number of carbonyl (C=O) groups is 8. The van der Waals surface area contributed by atoms with Crippen LogP contribution in [0.1, 0.15) is 65.4 Å². The molecule has 15 nitrogen and oxygen atoms in total. The molecule has 1 aliphatic rings. The first-order valence-electron chi connectivity index (χ1n) is 17.4. The van der Waals surface area contributed by atoms with Gasteiger partial charge in [-0.3, -0.25) is 43.3 Å². The van der Waals surface area contributed by atoms with Gasteiger partial charge in [-0.2, -0.15) is 13.2 Å². The van der Waals surface area contributed by atoms with Crippen LogP contribution >= 0.6 is 0 Å². The van der Waals surface area contributed by atoms with Gasteiger partial charge in [-0.05, 0) is 24.3 Å². The third kappa shape index (κ3) is 15.7. The summed E-state index contributed by atoms with van der Waals surface area (Å²) in [6.45, 7) is 4.04. The first-order chi connectivity index (χ1) is 24.9. The summed E-state index contributed by atoms with van der Waals surface area (Å²) >= 11 is 0. The topological polar surface area (TPSA) is 209 Å². The molecule has 7 amide bonds. The van der Waals surface area contributed by atoms with Crippen molar-refractivity contribution in [2.75, 3.05) is 32.9 Å². The van der Waals surface area contributed by atoms with Crippen molar-refractivity contribution >= 4 is 47.1 Å². The lowest BCUT2D eigenvalue weighted by atomic mass is 9.94. The molecule has 294 valence electrons. The highest BCUT2D eigenvalue weighted by atomic mass is 19.4. The quantitative estimate of drug-likeness (QED) is 0.0647. The molecule has 2 rings (SSSR count). The summed E-state index contributed by atoms with van der Waals surface area (Å²) in [6.07, 6.45) is -5.81. The van der Waals surface area contributed by atoms with Gasteiger partial charge in [0.05, 0.1) is 19.6 Å². The molecule has 0 aliphatic carbocycles. The Morgan fingerprint density at radius 2 is 1.42 bits per heavy atom. The molecule has 1 fully saturated rings. The molecule has 53 heavy (non-hydrogen) atoms. The van der Waals surface area contributed by atoms with Gasteiger partial charge in [-0.1, -0.05) is 64.4 Å². The van der Waals surface area contributed by atoms with Crippen molar-refractivity contribution in [3.8, 4) is 0 Å². The molecule has 0 saturated carbocycles. The molecular formula is C35H49F3N6O9. The van der Waals surface area contributed by atoms with Crippen molar-refractivity contribution in [3.63, 3.8) is 0 Å². The number of ketones is 1. The second kappa shape index (κ2) is 21.6. The highest BCUT2D eigenvalue weighted by Crippen LogP contribution is 2.27. The smallest absolute Gasteiger partial charge is 0.347 e. The molecule has 0 bridgehead atoms. The summed E-state index contributed by atoms with van der Waals surface area (Å²) in [5, 5.41) is 11.6. The van der Waals surface area contributed by atoms with Gasteiger partial charge in [0.1, 0.15) is 12.8 Å². The van der Waals surface area contributed by atoms with E-state index in [-0.39, 0.29) is 42.9 Å². The zero-order valence-corrected chi connectivity index (χ0v) is 30.3. The molecule has 1 aliphatic heterocycles. The molecule has 3 unspecified atom stereocenters. The Labute approximate surface area is 305 Å². The van der Waals surface area contributed by atoms with E-state index in [0.717, 1.165) is 0 Å². The lowest BCUT2D eigenvalue weighted by Gasteiger charge is -2.21. The zero-order valence-electron chi connectivity index (χ0n) is 30.3. The van der Waals surface area contributed by atoms with E-state index in [4.69, 9.17) is 0 Å². The standard InChI is InChI=1S/C35H49F3N6O9/c1-21(2)24-16-30(49)44(34(24)52)14-10-6-9-13-26(45)39-17-27(46)40-19-29(48)43-25(15-23-11-7-5-8-12-23)33(51)41-18-28(47)42-20-53-32(35(36,37)38)31(50)22(3)4/h5,7-8,11-12,21-22,24-25,32H,6,9-10,13-20H2,1-4H3,(H,39,45)(H,40,46)(H,41,51)(H,42,47)(H,43,48). The average Bonchev–Trinajstić information content (AvgIpc) is 3.38. The van der Waals surface area contributed by atoms with E-state index < -0.39 is 85.9 Å². The van der Waals surface area contributed by atoms with Crippen LogP contribution in [0.2, 0.25) is 0 Å². The number of unbranched alkanes of at least 4 members (excludes halogenated alkanes) is 2. The van der Waals surface area contributed by atoms with Crippen LogP contribution in [-0.2, 0) is 49.5 Å². The van der Waals surface area contributed by atoms with Crippen molar-refractivity contribution in [2.24, 2.45) is 17.8 Å². The lowest BCUT2D eigenvalue weighted by Crippen LogP contribution is -2.52. The van der Waals surface area contributed by atoms with Crippen LogP contribution in [0.5, 0.6) is 0 Å². The number of nitrogens with zero attached hydrogens (tertiary/aromatic N) is 1. The molecule has 1 aromatic carbocycles. The number of carbonyl (C=O) groups excluding carboxylic acids is 8. The molecular weight excluding hydrogens is 705 g/mol. The van der Waals surface area contributed by atoms with Crippen LogP contribution in [0.25, 0.3) is 0 Å². The van der Waals surface area contributed by atoms with Gasteiger partial charge < -0.3 is 31.3 Å². The van der Waals surface area contributed by atoms with Crippen molar-refractivity contribution in [1.82, 2.24) is 31.5 Å². The van der Waals surface area contributed by atoms with Crippen LogP contribution in [0.4, 0.5) is 13.2 Å². The SMILES string of the molecule is CC(C)C(=O)C(OCNC(=O)CNC(=O)C(Cc1ccccc1)NC(=O)CNC(=O)CNC(=O)CCCCCN1C(=O)CC(C(C)C)C1=O)C(F)(F)F. The van der Waals surface area contributed by atoms with Crippen LogP contribution < -0.4 is 26.6 Å². The van der Waals surface area contributed by atoms with Gasteiger partial charge in [-0.25, -0.2) is 0 Å². The summed E-state index contributed by atoms with van der Waals surface area (Å²) in [4.78, 5) is 99.9. The van der Waals surface area contributed by atoms with Crippen LogP contribution in [0.3, 0.4) is 0 Å². The Morgan fingerprint density at radius 1 is 0.811 bits per heavy atom. The Morgan fingerprint density at radius 3 is 2.02 bits per heavy atom. The predicted molar refractivity (Wildman–Crippen MR) is 183 cm³/mol. The van der Waals surface area contributed by atoms with Gasteiger partial charge in [0.15, 0.2) is 5.78 Å². The Kier molecular flexibility index (Phi) is 18.1. The number of amides is 7. The number of likely N-dealkylation sites (tertiary alicyclic amines) is 1. The summed E-state index contributed by atoms with van der Waals surface area (Å²) in [5.74, 6) is -6.32. The minimum Gasteiger partial charge on any atom is -0.347 e. The fourth-order valence-corrected chi connectivity index (χ4v) is 5.21. The summed E-state index contributed by atoms with van der Waals surface area (Å²) < 4.78 is 44.1. The number of rotatable bonds is 22. The van der Waals surface area contributed by atoms with E-state index in [1.807, 2.05) is 19.2 Å². The van der Waals surface area contributed by atoms with Gasteiger partial charge in [0.2, 0.25) is 47.5 Å². The molecule has 0 radical (unpaired) electrons. The van der Waals surface area contributed by atoms with Crippen molar-refractivity contribution < 1.29 is 56.3 Å². The Balaban J connectivity index is 1.75. The van der Waals surface area contributed by atoms with Gasteiger partial charge in [0, 0.05) is 37.6 Å². The highest BCUT2D eigenvalue weighted by Gasteiger charge is 2.46. The molecule has 1 heterocycles. The minimum absolute atomic E-state index is 0.0131. The van der Waals surface area contributed by atoms with Gasteiger partial charge in [-0.15, -0.1) is 0 Å². The first kappa shape index (κ1) is 44.3. The number of alkyl halides is 3. The maximum Gasteiger partial charge on any atom is 0.421 e. The lowest BCUT2D eigenvalue weighted by molar-refractivity contribution is -0.220. The second-order valence-electron chi connectivity index (χ2n) is 13.2. The molecule has 0 spiro atoms. The van der Waals surface area contributed by atoms with Crippen molar-refractivity contribution in [2.45, 2.75) is 84.5 Å². The average molecular weight is 755 g/mol. The number of hydrogen-bond acceptors (Lipinski definition) is 9. The van der Waals surface area contributed by atoms with E-state index >= 15 is 0 Å². The number of ether oxygens (including phenoxy) is 1. The maximum atomic E-state index is 13.2. The summed E-state index contributed by atoms with van der Waals surface area (Å²) in [7, 11) is 0. The van der Waals surface area contributed by atoms with E-state index in [0.29, 0.717) is 31.4 Å². The number of halogens is 3. The maximum absolute atomic E-state index is 13.2.